The van der Waals surface area contributed by atoms with Gasteiger partial charge in [-0.15, -0.1) is 0 Å². The van der Waals surface area contributed by atoms with E-state index in [0.717, 1.165) is 65.9 Å². The first-order valence-electron chi connectivity index (χ1n) is 19.8. The third kappa shape index (κ3) is 7.44. The number of rotatable bonds is 10. The number of benzene rings is 2. The van der Waals surface area contributed by atoms with E-state index in [1.807, 2.05) is 30.3 Å². The monoisotopic (exact) mass is 712 g/mol. The van der Waals surface area contributed by atoms with Crippen LogP contribution in [-0.2, 0) is 9.53 Å². The number of hydrogen-bond acceptors (Lipinski definition) is 5. The van der Waals surface area contributed by atoms with E-state index in [-0.39, 0.29) is 23.9 Å². The molecule has 1 heterocycles. The van der Waals surface area contributed by atoms with E-state index < -0.39 is 11.6 Å². The zero-order valence-corrected chi connectivity index (χ0v) is 32.1. The first-order valence-corrected chi connectivity index (χ1v) is 20.2. The van der Waals surface area contributed by atoms with Gasteiger partial charge in [-0.05, 0) is 115 Å². The van der Waals surface area contributed by atoms with Crippen molar-refractivity contribution in [2.75, 3.05) is 6.61 Å². The summed E-state index contributed by atoms with van der Waals surface area (Å²) in [5, 5.41) is 1.04. The van der Waals surface area contributed by atoms with Crippen LogP contribution in [0.1, 0.15) is 112 Å². The number of esters is 1. The van der Waals surface area contributed by atoms with Crippen molar-refractivity contribution in [2.24, 2.45) is 46.3 Å². The molecule has 3 aromatic rings. The Labute approximate surface area is 309 Å². The van der Waals surface area contributed by atoms with Gasteiger partial charge in [0.15, 0.2) is 6.61 Å². The van der Waals surface area contributed by atoms with Crippen LogP contribution in [0.15, 0.2) is 69.4 Å². The third-order valence-corrected chi connectivity index (χ3v) is 14.2. The second-order valence-corrected chi connectivity index (χ2v) is 18.0. The average molecular weight is 713 g/mol. The van der Waals surface area contributed by atoms with Gasteiger partial charge in [0.25, 0.3) is 0 Å². The zero-order chi connectivity index (χ0) is 35.9. The summed E-state index contributed by atoms with van der Waals surface area (Å²) in [4.78, 5) is 25.5. The zero-order valence-electron chi connectivity index (χ0n) is 31.3. The molecule has 5 nitrogen and oxygen atoms in total. The second kappa shape index (κ2) is 14.8. The molecule has 0 amide bonds. The van der Waals surface area contributed by atoms with Crippen molar-refractivity contribution in [3.05, 3.63) is 75.6 Å². The molecule has 2 aromatic carbocycles. The molecule has 0 aliphatic heterocycles. The van der Waals surface area contributed by atoms with Crippen molar-refractivity contribution in [3.63, 3.8) is 0 Å². The highest BCUT2D eigenvalue weighted by atomic mass is 35.5. The first kappa shape index (κ1) is 36.3. The molecule has 0 saturated heterocycles. The standard InChI is InChI=1S/C45H57ClO5/c1-28(2)10-9-11-29(3)31-14-17-37-34-16-15-32-22-33(18-21-45(32,5)38(34)19-20-44(37,4)26-31)50-43(48)27-49-41-25-40-36(23-39(41)46)35(24-42(47)51-40)30-12-7-6-8-13-30/h6-8,12-13,15,23-25,28-29,31,33-34,37-38H,9-11,14,16-22,26-27H2,1-5H3/t29-,31-,33+,34+,37-,38+,44+,45-/m0/s1. The van der Waals surface area contributed by atoms with E-state index in [9.17, 15) is 9.59 Å². The molecule has 4 aliphatic carbocycles. The molecular formula is C45H57ClO5. The van der Waals surface area contributed by atoms with Crippen LogP contribution in [0.2, 0.25) is 5.02 Å². The molecule has 4 aliphatic rings. The molecule has 51 heavy (non-hydrogen) atoms. The summed E-state index contributed by atoms with van der Waals surface area (Å²) in [5.41, 5.74) is 3.69. The Bertz CT molecular complexity index is 1810. The minimum absolute atomic E-state index is 0.142. The van der Waals surface area contributed by atoms with E-state index in [1.54, 1.807) is 12.1 Å². The average Bonchev–Trinajstić information content (AvgIpc) is 3.10. The minimum atomic E-state index is -0.464. The maximum atomic E-state index is 13.1. The molecule has 0 radical (unpaired) electrons. The van der Waals surface area contributed by atoms with Crippen LogP contribution >= 0.6 is 11.6 Å². The van der Waals surface area contributed by atoms with Gasteiger partial charge in [0.2, 0.25) is 0 Å². The highest BCUT2D eigenvalue weighted by Gasteiger charge is 2.56. The number of carbonyl (C=O) groups excluding carboxylic acids is 1. The van der Waals surface area contributed by atoms with E-state index >= 15 is 0 Å². The highest BCUT2D eigenvalue weighted by molar-refractivity contribution is 6.33. The second-order valence-electron chi connectivity index (χ2n) is 17.6. The van der Waals surface area contributed by atoms with Crippen molar-refractivity contribution in [2.45, 2.75) is 118 Å². The molecular weight excluding hydrogens is 656 g/mol. The number of hydrogen-bond donors (Lipinski definition) is 0. The Balaban J connectivity index is 0.959. The molecule has 8 atom stereocenters. The predicted octanol–water partition coefficient (Wildman–Crippen LogP) is 11.8. The lowest BCUT2D eigenvalue weighted by molar-refractivity contribution is -0.154. The number of allylic oxidation sites excluding steroid dienone is 1. The largest absolute Gasteiger partial charge is 0.480 e. The van der Waals surface area contributed by atoms with Gasteiger partial charge in [-0.3, -0.25) is 0 Å². The number of ether oxygens (including phenoxy) is 2. The van der Waals surface area contributed by atoms with Gasteiger partial charge in [-0.25, -0.2) is 9.59 Å². The van der Waals surface area contributed by atoms with Crippen LogP contribution < -0.4 is 10.4 Å². The van der Waals surface area contributed by atoms with Crippen molar-refractivity contribution in [1.29, 1.82) is 0 Å². The molecule has 3 saturated carbocycles. The third-order valence-electron chi connectivity index (χ3n) is 13.9. The van der Waals surface area contributed by atoms with Crippen LogP contribution in [0.25, 0.3) is 22.1 Å². The van der Waals surface area contributed by atoms with E-state index in [4.69, 9.17) is 25.5 Å². The van der Waals surface area contributed by atoms with Gasteiger partial charge in [-0.2, -0.15) is 0 Å². The quantitative estimate of drug-likeness (QED) is 0.119. The molecule has 0 N–H and O–H groups in total. The molecule has 6 heteroatoms. The van der Waals surface area contributed by atoms with Crippen molar-refractivity contribution >= 4 is 28.5 Å². The Morgan fingerprint density at radius 2 is 1.78 bits per heavy atom. The van der Waals surface area contributed by atoms with E-state index in [0.29, 0.717) is 21.4 Å². The number of carbonyl (C=O) groups is 1. The summed E-state index contributed by atoms with van der Waals surface area (Å²) in [6, 6.07) is 14.4. The topological polar surface area (TPSA) is 65.7 Å². The van der Waals surface area contributed by atoms with Crippen molar-refractivity contribution in [3.8, 4) is 16.9 Å². The molecule has 0 spiro atoms. The van der Waals surface area contributed by atoms with Gasteiger partial charge in [-0.1, -0.05) is 107 Å². The summed E-state index contributed by atoms with van der Waals surface area (Å²) in [5.74, 6) is 4.76. The molecule has 0 unspecified atom stereocenters. The van der Waals surface area contributed by atoms with Gasteiger partial charge in [0.05, 0.1) is 5.02 Å². The van der Waals surface area contributed by atoms with E-state index in [2.05, 4.69) is 40.7 Å². The SMILES string of the molecule is CC(C)CCC[C@H](C)[C@H]1CC[C@H]2[C@H]3CC=C4C[C@H](OC(=O)COc5cc6oc(=O)cc(-c7ccccc7)c6cc5Cl)CC[C@]4(C)[C@@H]3CC[C@]2(C)C1. The normalized spacial score (nSPS) is 30.9. The Morgan fingerprint density at radius 1 is 0.980 bits per heavy atom. The lowest BCUT2D eigenvalue weighted by Gasteiger charge is -2.61. The fraction of sp³-hybridized carbons (Fsp3) is 0.600. The fourth-order valence-electron chi connectivity index (χ4n) is 11.1. The summed E-state index contributed by atoms with van der Waals surface area (Å²) in [6.45, 7) is 12.1. The van der Waals surface area contributed by atoms with Crippen molar-refractivity contribution < 1.29 is 18.7 Å². The van der Waals surface area contributed by atoms with E-state index in [1.165, 1.54) is 69.4 Å². The van der Waals surface area contributed by atoms with Crippen molar-refractivity contribution in [1.82, 2.24) is 0 Å². The summed E-state index contributed by atoms with van der Waals surface area (Å²) in [6.07, 6.45) is 17.4. The fourth-order valence-corrected chi connectivity index (χ4v) is 11.3. The number of fused-ring (bicyclic) bond motifs is 6. The Hall–Kier alpha value is -3.05. The van der Waals surface area contributed by atoms with Gasteiger partial charge in [0, 0.05) is 23.9 Å². The Kier molecular flexibility index (Phi) is 10.5. The maximum absolute atomic E-state index is 13.1. The van der Waals surface area contributed by atoms with Gasteiger partial charge >= 0.3 is 11.6 Å². The summed E-state index contributed by atoms with van der Waals surface area (Å²) >= 11 is 6.62. The molecule has 0 bridgehead atoms. The molecule has 7 rings (SSSR count). The number of halogens is 1. The van der Waals surface area contributed by atoms with Gasteiger partial charge < -0.3 is 13.9 Å². The lowest BCUT2D eigenvalue weighted by atomic mass is 9.44. The summed E-state index contributed by atoms with van der Waals surface area (Å²) < 4.78 is 17.4. The first-order chi connectivity index (χ1) is 24.4. The molecule has 1 aromatic heterocycles. The van der Waals surface area contributed by atoms with Crippen LogP contribution in [-0.4, -0.2) is 18.7 Å². The summed E-state index contributed by atoms with van der Waals surface area (Å²) in [7, 11) is 0. The van der Waals surface area contributed by atoms with Gasteiger partial charge in [0.1, 0.15) is 17.4 Å². The van der Waals surface area contributed by atoms with Crippen LogP contribution in [0.4, 0.5) is 0 Å². The van der Waals surface area contributed by atoms with Crippen LogP contribution in [0, 0.1) is 46.3 Å². The molecule has 274 valence electrons. The Morgan fingerprint density at radius 3 is 2.57 bits per heavy atom. The van der Waals surface area contributed by atoms with Crippen LogP contribution in [0.3, 0.4) is 0 Å². The minimum Gasteiger partial charge on any atom is -0.480 e. The lowest BCUT2D eigenvalue weighted by Crippen LogP contribution is -2.52. The molecule has 3 fully saturated rings. The smallest absolute Gasteiger partial charge is 0.344 e. The van der Waals surface area contributed by atoms with Crippen LogP contribution in [0.5, 0.6) is 5.75 Å². The maximum Gasteiger partial charge on any atom is 0.344 e. The predicted molar refractivity (Wildman–Crippen MR) is 206 cm³/mol. The highest BCUT2D eigenvalue weighted by Crippen LogP contribution is 2.65.